The number of hydrogen-bond acceptors (Lipinski definition) is 3. The molecule has 0 heterocycles. The van der Waals surface area contributed by atoms with E-state index < -0.39 is 0 Å². The van der Waals surface area contributed by atoms with E-state index in [1.165, 1.54) is 0 Å². The minimum Gasteiger partial charge on any atom is -0.481 e. The third-order valence-electron chi connectivity index (χ3n) is 3.23. The molecule has 0 spiro atoms. The first-order valence-corrected chi connectivity index (χ1v) is 8.53. The molecule has 21 heavy (non-hydrogen) atoms. The Balaban J connectivity index is 2.65. The van der Waals surface area contributed by atoms with Crippen LogP contribution < -0.4 is 15.8 Å². The summed E-state index contributed by atoms with van der Waals surface area (Å²) in [7, 11) is 0. The number of benzene rings is 1. The van der Waals surface area contributed by atoms with Crippen LogP contribution in [-0.2, 0) is 11.2 Å². The molecule has 0 aliphatic rings. The molecule has 3 N–H and O–H groups in total. The Morgan fingerprint density at radius 1 is 1.29 bits per heavy atom. The summed E-state index contributed by atoms with van der Waals surface area (Å²) in [4.78, 5) is 11.8. The van der Waals surface area contributed by atoms with Crippen LogP contribution in [0, 0.1) is 5.92 Å². The van der Waals surface area contributed by atoms with Crippen molar-refractivity contribution in [1.82, 2.24) is 5.32 Å². The number of rotatable bonds is 7. The van der Waals surface area contributed by atoms with Crippen LogP contribution >= 0.6 is 31.9 Å². The van der Waals surface area contributed by atoms with E-state index in [0.717, 1.165) is 20.9 Å². The van der Waals surface area contributed by atoms with Gasteiger partial charge in [0.2, 0.25) is 0 Å². The summed E-state index contributed by atoms with van der Waals surface area (Å²) in [6.45, 7) is 6.69. The Morgan fingerprint density at radius 2 is 1.86 bits per heavy atom. The fraction of sp³-hybridized carbons (Fsp3) is 0.533. The van der Waals surface area contributed by atoms with Crippen molar-refractivity contribution in [1.29, 1.82) is 0 Å². The lowest BCUT2D eigenvalue weighted by atomic mass is 10.1. The highest BCUT2D eigenvalue weighted by Crippen LogP contribution is 2.34. The quantitative estimate of drug-likeness (QED) is 0.710. The van der Waals surface area contributed by atoms with Gasteiger partial charge in [-0.05, 0) is 75.4 Å². The van der Waals surface area contributed by atoms with Gasteiger partial charge in [0.1, 0.15) is 5.75 Å². The van der Waals surface area contributed by atoms with E-state index in [4.69, 9.17) is 10.5 Å². The maximum atomic E-state index is 11.8. The predicted octanol–water partition coefficient (Wildman–Crippen LogP) is 3.25. The van der Waals surface area contributed by atoms with Crippen LogP contribution in [0.15, 0.2) is 21.1 Å². The van der Waals surface area contributed by atoms with Crippen molar-refractivity contribution in [3.63, 3.8) is 0 Å². The molecular formula is C15H22Br2N2O2. The van der Waals surface area contributed by atoms with Crippen LogP contribution in [0.1, 0.15) is 26.3 Å². The summed E-state index contributed by atoms with van der Waals surface area (Å²) >= 11 is 6.93. The summed E-state index contributed by atoms with van der Waals surface area (Å²) in [5, 5.41) is 2.91. The van der Waals surface area contributed by atoms with Crippen molar-refractivity contribution in [3.05, 3.63) is 26.6 Å². The van der Waals surface area contributed by atoms with E-state index >= 15 is 0 Å². The lowest BCUT2D eigenvalue weighted by Crippen LogP contribution is -2.39. The largest absolute Gasteiger partial charge is 0.481 e. The minimum atomic E-state index is -0.124. The zero-order valence-electron chi connectivity index (χ0n) is 12.6. The molecular weight excluding hydrogens is 400 g/mol. The second kappa shape index (κ2) is 8.76. The summed E-state index contributed by atoms with van der Waals surface area (Å²) in [5.41, 5.74) is 6.67. The van der Waals surface area contributed by atoms with Gasteiger partial charge in [0.25, 0.3) is 5.91 Å². The lowest BCUT2D eigenvalue weighted by molar-refractivity contribution is -0.124. The first kappa shape index (κ1) is 18.5. The number of carbonyl (C=O) groups is 1. The normalized spacial score (nSPS) is 12.3. The topological polar surface area (TPSA) is 64.3 Å². The highest BCUT2D eigenvalue weighted by atomic mass is 79.9. The molecule has 1 atom stereocenters. The molecule has 0 aliphatic heterocycles. The van der Waals surface area contributed by atoms with Crippen molar-refractivity contribution in [2.75, 3.05) is 13.2 Å². The maximum Gasteiger partial charge on any atom is 0.258 e. The molecule has 0 saturated carbocycles. The Morgan fingerprint density at radius 3 is 2.33 bits per heavy atom. The molecule has 0 radical (unpaired) electrons. The molecule has 1 aromatic rings. The molecule has 4 nitrogen and oxygen atoms in total. The van der Waals surface area contributed by atoms with Gasteiger partial charge in [0.05, 0.1) is 8.95 Å². The van der Waals surface area contributed by atoms with Crippen molar-refractivity contribution in [3.8, 4) is 5.75 Å². The van der Waals surface area contributed by atoms with E-state index in [-0.39, 0.29) is 18.6 Å². The first-order valence-electron chi connectivity index (χ1n) is 6.95. The van der Waals surface area contributed by atoms with E-state index in [1.54, 1.807) is 0 Å². The summed E-state index contributed by atoms with van der Waals surface area (Å²) in [6.07, 6.45) is 0.796. The molecule has 118 valence electrons. The van der Waals surface area contributed by atoms with Gasteiger partial charge in [-0.25, -0.2) is 0 Å². The average Bonchev–Trinajstić information content (AvgIpc) is 2.37. The molecule has 1 aromatic carbocycles. The van der Waals surface area contributed by atoms with Crippen LogP contribution in [0.4, 0.5) is 0 Å². The third-order valence-corrected chi connectivity index (χ3v) is 4.41. The van der Waals surface area contributed by atoms with Crippen LogP contribution in [0.3, 0.4) is 0 Å². The van der Waals surface area contributed by atoms with Gasteiger partial charge in [-0.1, -0.05) is 13.8 Å². The summed E-state index contributed by atoms with van der Waals surface area (Å²) < 4.78 is 7.23. The van der Waals surface area contributed by atoms with E-state index in [2.05, 4.69) is 51.0 Å². The molecule has 0 aromatic heterocycles. The van der Waals surface area contributed by atoms with E-state index in [1.807, 2.05) is 19.1 Å². The van der Waals surface area contributed by atoms with E-state index in [0.29, 0.717) is 18.2 Å². The molecule has 0 fully saturated rings. The molecule has 6 heteroatoms. The zero-order chi connectivity index (χ0) is 16.0. The number of amides is 1. The summed E-state index contributed by atoms with van der Waals surface area (Å²) in [6, 6.07) is 4.04. The van der Waals surface area contributed by atoms with Crippen LogP contribution in [-0.4, -0.2) is 25.1 Å². The van der Waals surface area contributed by atoms with Gasteiger partial charge in [0, 0.05) is 6.04 Å². The number of halogens is 2. The third kappa shape index (κ3) is 5.96. The second-order valence-corrected chi connectivity index (χ2v) is 7.02. The highest BCUT2D eigenvalue weighted by molar-refractivity contribution is 9.11. The predicted molar refractivity (Wildman–Crippen MR) is 92.5 cm³/mol. The van der Waals surface area contributed by atoms with Gasteiger partial charge < -0.3 is 15.8 Å². The van der Waals surface area contributed by atoms with Crippen LogP contribution in [0.25, 0.3) is 0 Å². The average molecular weight is 422 g/mol. The van der Waals surface area contributed by atoms with E-state index in [9.17, 15) is 4.79 Å². The van der Waals surface area contributed by atoms with Gasteiger partial charge in [0.15, 0.2) is 6.61 Å². The van der Waals surface area contributed by atoms with Crippen molar-refractivity contribution in [2.45, 2.75) is 33.2 Å². The van der Waals surface area contributed by atoms with Crippen molar-refractivity contribution in [2.24, 2.45) is 11.7 Å². The molecule has 0 aliphatic carbocycles. The zero-order valence-corrected chi connectivity index (χ0v) is 15.8. The second-order valence-electron chi connectivity index (χ2n) is 5.32. The molecule has 1 amide bonds. The smallest absolute Gasteiger partial charge is 0.258 e. The lowest BCUT2D eigenvalue weighted by Gasteiger charge is -2.18. The molecule has 0 bridgehead atoms. The monoisotopic (exact) mass is 420 g/mol. The van der Waals surface area contributed by atoms with Gasteiger partial charge in [-0.2, -0.15) is 0 Å². The minimum absolute atomic E-state index is 0.00943. The number of nitrogens with one attached hydrogen (secondary N) is 1. The summed E-state index contributed by atoms with van der Waals surface area (Å²) in [5.74, 6) is 0.895. The van der Waals surface area contributed by atoms with Crippen molar-refractivity contribution >= 4 is 37.8 Å². The number of ether oxygens (including phenoxy) is 1. The van der Waals surface area contributed by atoms with Gasteiger partial charge >= 0.3 is 0 Å². The number of carbonyl (C=O) groups excluding carboxylic acids is 1. The fourth-order valence-corrected chi connectivity index (χ4v) is 3.17. The fourth-order valence-electron chi connectivity index (χ4n) is 1.66. The van der Waals surface area contributed by atoms with Crippen LogP contribution in [0.2, 0.25) is 0 Å². The SMILES string of the molecule is CC(C)C(C)NC(=O)COc1c(Br)cc(CCN)cc1Br. The van der Waals surface area contributed by atoms with Gasteiger partial charge in [-0.3, -0.25) is 4.79 Å². The van der Waals surface area contributed by atoms with Gasteiger partial charge in [-0.15, -0.1) is 0 Å². The number of hydrogen-bond donors (Lipinski definition) is 2. The Hall–Kier alpha value is -0.590. The van der Waals surface area contributed by atoms with Crippen LogP contribution in [0.5, 0.6) is 5.75 Å². The Bertz CT molecular complexity index is 470. The molecule has 1 unspecified atom stereocenters. The molecule has 0 saturated heterocycles. The highest BCUT2D eigenvalue weighted by Gasteiger charge is 2.14. The molecule has 1 rings (SSSR count). The maximum absolute atomic E-state index is 11.8. The van der Waals surface area contributed by atoms with Crippen molar-refractivity contribution < 1.29 is 9.53 Å². The Kier molecular flexibility index (Phi) is 7.70. The Labute approximate surface area is 143 Å². The number of nitrogens with two attached hydrogens (primary N) is 1. The standard InChI is InChI=1S/C15H22Br2N2O2/c1-9(2)10(3)19-14(20)8-21-15-12(16)6-11(4-5-18)7-13(15)17/h6-7,9-10H,4-5,8,18H2,1-3H3,(H,19,20). The first-order chi connectivity index (χ1) is 9.85.